The molecule has 34 nitrogen and oxygen atoms in total. The van der Waals surface area contributed by atoms with Gasteiger partial charge in [-0.15, -0.1) is 0 Å². The zero-order valence-electron chi connectivity index (χ0n) is 39.2. The van der Waals surface area contributed by atoms with Gasteiger partial charge in [0.25, 0.3) is 11.6 Å². The summed E-state index contributed by atoms with van der Waals surface area (Å²) >= 11 is 0. The normalized spacial score (nSPS) is 44.6. The Kier molecular flexibility index (Phi) is 21.3. The van der Waals surface area contributed by atoms with Crippen molar-refractivity contribution >= 4 is 23.8 Å². The molecule has 0 aromatic rings. The van der Waals surface area contributed by atoms with E-state index >= 15 is 0 Å². The molecule has 0 aromatic heterocycles. The van der Waals surface area contributed by atoms with Gasteiger partial charge in [0.05, 0.1) is 57.3 Å². The second kappa shape index (κ2) is 25.5. The summed E-state index contributed by atoms with van der Waals surface area (Å²) in [5.41, 5.74) is 0. The lowest BCUT2D eigenvalue weighted by Gasteiger charge is -2.51. The summed E-state index contributed by atoms with van der Waals surface area (Å²) in [7, 11) is 0. The Morgan fingerprint density at radius 2 is 0.986 bits per heavy atom. The summed E-state index contributed by atoms with van der Waals surface area (Å²) in [6, 6.07) is -3.37. The second-order valence-corrected chi connectivity index (χ2v) is 18.3. The highest BCUT2D eigenvalue weighted by atomic mass is 16.8. The average Bonchev–Trinajstić information content (AvgIpc) is 3.35. The van der Waals surface area contributed by atoms with E-state index in [0.29, 0.717) is 0 Å². The van der Waals surface area contributed by atoms with Crippen molar-refractivity contribution in [1.82, 2.24) is 10.6 Å². The van der Waals surface area contributed by atoms with Gasteiger partial charge in [0.2, 0.25) is 11.8 Å². The van der Waals surface area contributed by atoms with Crippen LogP contribution in [0.15, 0.2) is 0 Å². The Morgan fingerprint density at radius 3 is 1.45 bits per heavy atom. The van der Waals surface area contributed by atoms with Crippen LogP contribution in [0, 0.1) is 0 Å². The fourth-order valence-electron chi connectivity index (χ4n) is 9.12. The van der Waals surface area contributed by atoms with Crippen molar-refractivity contribution in [3.63, 3.8) is 0 Å². The molecule has 0 aromatic carbocycles. The zero-order valence-corrected chi connectivity index (χ0v) is 39.2. The Labute approximate surface area is 417 Å². The first-order valence-corrected chi connectivity index (χ1v) is 22.9. The molecule has 0 saturated carbocycles. The number of ether oxygens (including phenoxy) is 9. The maximum Gasteiger partial charge on any atom is 0.364 e. The van der Waals surface area contributed by atoms with E-state index in [-0.39, 0.29) is 0 Å². The van der Waals surface area contributed by atoms with Crippen LogP contribution in [0.3, 0.4) is 0 Å². The molecule has 0 unspecified atom stereocenters. The van der Waals surface area contributed by atoms with Gasteiger partial charge >= 0.3 is 11.9 Å². The van der Waals surface area contributed by atoms with Crippen LogP contribution < -0.4 is 10.6 Å². The number of carboxylic acids is 2. The molecule has 5 aliphatic heterocycles. The Balaban J connectivity index is 1.51. The second-order valence-electron chi connectivity index (χ2n) is 18.3. The lowest BCUT2D eigenvalue weighted by atomic mass is 9.88. The number of hydrogen-bond donors (Lipinski definition) is 21. The van der Waals surface area contributed by atoms with Gasteiger partial charge in [-0.1, -0.05) is 0 Å². The van der Waals surface area contributed by atoms with Gasteiger partial charge in [-0.2, -0.15) is 0 Å². The Hall–Kier alpha value is -3.16. The highest BCUT2D eigenvalue weighted by molar-refractivity contribution is 5.77. The monoisotopic (exact) mass is 1090 g/mol. The number of hydrogen-bond acceptors (Lipinski definition) is 30. The van der Waals surface area contributed by atoms with Crippen LogP contribution in [0.5, 0.6) is 0 Å². The fraction of sp³-hybridized carbons (Fsp3) is 0.900. The smallest absolute Gasteiger partial charge is 0.364 e. The van der Waals surface area contributed by atoms with E-state index in [9.17, 15) is 116 Å². The molecule has 428 valence electrons. The average molecular weight is 1090 g/mol. The Morgan fingerprint density at radius 1 is 0.554 bits per heavy atom. The minimum Gasteiger partial charge on any atom is -0.477 e. The van der Waals surface area contributed by atoms with Crippen LogP contribution in [0.25, 0.3) is 0 Å². The molecule has 5 heterocycles. The van der Waals surface area contributed by atoms with Crippen LogP contribution in [0.1, 0.15) is 26.7 Å². The first-order valence-electron chi connectivity index (χ1n) is 22.9. The van der Waals surface area contributed by atoms with E-state index in [2.05, 4.69) is 10.6 Å². The number of aliphatic hydroxyl groups excluding tert-OH is 17. The van der Waals surface area contributed by atoms with E-state index in [1.807, 2.05) is 0 Å². The number of carbonyl (C=O) groups is 4. The summed E-state index contributed by atoms with van der Waals surface area (Å²) in [6.45, 7) is -3.89. The van der Waals surface area contributed by atoms with E-state index in [1.54, 1.807) is 0 Å². The van der Waals surface area contributed by atoms with Crippen molar-refractivity contribution < 1.29 is 159 Å². The van der Waals surface area contributed by atoms with Crippen molar-refractivity contribution in [1.29, 1.82) is 0 Å². The number of carbonyl (C=O) groups excluding carboxylic acids is 2. The van der Waals surface area contributed by atoms with Crippen LogP contribution in [0.2, 0.25) is 0 Å². The third kappa shape index (κ3) is 13.0. The van der Waals surface area contributed by atoms with Crippen molar-refractivity contribution in [2.75, 3.05) is 33.0 Å². The highest BCUT2D eigenvalue weighted by Gasteiger charge is 2.62. The number of aliphatic carboxylic acids is 2. The van der Waals surface area contributed by atoms with Crippen molar-refractivity contribution in [3.05, 3.63) is 0 Å². The maximum absolute atomic E-state index is 13.0. The number of carboxylic acid groups (broad SMARTS) is 2. The number of rotatable bonds is 21. The fourth-order valence-corrected chi connectivity index (χ4v) is 9.12. The Bertz CT molecular complexity index is 1880. The molecule has 0 aliphatic carbocycles. The maximum atomic E-state index is 13.0. The van der Waals surface area contributed by atoms with Crippen LogP contribution in [0.4, 0.5) is 0 Å². The quantitative estimate of drug-likeness (QED) is 0.0507. The van der Waals surface area contributed by atoms with Crippen molar-refractivity contribution in [2.24, 2.45) is 0 Å². The van der Waals surface area contributed by atoms with E-state index in [1.165, 1.54) is 0 Å². The molecule has 5 saturated heterocycles. The number of amides is 2. The standard InChI is InChI=1S/C40H66N2O32/c1-10(47)41-19-12(49)3-39(37(62)63,72-30(19)21(53)14(51)5-43)66-9-18-24(56)32(27(59)35(69-18)70-29-17(8-46)67-34(61)26(58)25(29)57)71-36-28(60)33(23(55)16(7-45)68-36)74-40(38(64)65)4-13(50)20(42-11(2)48)31(73-40)22(54)15(52)6-44/h12-36,43-46,49-61H,3-9H2,1-2H3,(H,41,47)(H,42,48)(H,62,63)(H,64,65)/t12-,13-,14+,15+,16+,17+,18+,19+,20+,21+,22+,23-,24-,25+,26+,27+,28+,29+,30+,31+,32-,33-,34+,35-,36-,39+,40-/m0/s1. The van der Waals surface area contributed by atoms with E-state index in [4.69, 9.17) is 42.6 Å². The molecular formula is C40H66N2O32. The third-order valence-corrected chi connectivity index (χ3v) is 13.1. The molecule has 27 atom stereocenters. The zero-order chi connectivity index (χ0) is 55.5. The molecule has 0 bridgehead atoms. The molecule has 0 radical (unpaired) electrons. The summed E-state index contributed by atoms with van der Waals surface area (Å²) in [5, 5.41) is 207. The molecule has 5 rings (SSSR count). The van der Waals surface area contributed by atoms with Gasteiger partial charge in [-0.3, -0.25) is 9.59 Å². The first kappa shape index (κ1) is 61.7. The van der Waals surface area contributed by atoms with E-state index < -0.39 is 234 Å². The van der Waals surface area contributed by atoms with Gasteiger partial charge in [-0.05, 0) is 0 Å². The summed E-state index contributed by atoms with van der Waals surface area (Å²) in [5.74, 6) is -12.3. The molecule has 5 aliphatic rings. The summed E-state index contributed by atoms with van der Waals surface area (Å²) in [6.07, 6.45) is -52.6. The molecule has 0 spiro atoms. The molecule has 34 heteroatoms. The number of nitrogens with one attached hydrogen (secondary N) is 2. The molecular weight excluding hydrogens is 1020 g/mol. The summed E-state index contributed by atoms with van der Waals surface area (Å²) in [4.78, 5) is 50.1. The van der Waals surface area contributed by atoms with Gasteiger partial charge in [-0.25, -0.2) is 9.59 Å². The molecule has 21 N–H and O–H groups in total. The third-order valence-electron chi connectivity index (χ3n) is 13.1. The molecule has 74 heavy (non-hydrogen) atoms. The van der Waals surface area contributed by atoms with Gasteiger partial charge in [0, 0.05) is 26.7 Å². The summed E-state index contributed by atoms with van der Waals surface area (Å²) < 4.78 is 50.3. The highest BCUT2D eigenvalue weighted by Crippen LogP contribution is 2.40. The molecule has 5 fully saturated rings. The van der Waals surface area contributed by atoms with Gasteiger partial charge < -0.3 is 150 Å². The SMILES string of the molecule is CC(=O)N[C@H]1[C@H]([C@H](O)[C@H](O)CO)O[C@@](OC[C@H]2O[C@@H](O[C@H]3[C@H](O)[C@@H](O)[C@H](O)O[C@@H]3CO)[C@H](O)[C@@H](O[C@@H]3O[C@H](CO)[C@H](O)[C@H](O[C@]4(C(=O)O)C[C@H](O)[C@@H](NC(C)=O)[C@H]([C@H](O)[C@H](O)CO)O4)[C@H]3O)[C@H]2O)(C(=O)O)C[C@@H]1O. The van der Waals surface area contributed by atoms with E-state index in [0.717, 1.165) is 13.8 Å². The van der Waals surface area contributed by atoms with Crippen LogP contribution in [-0.2, 0) is 61.8 Å². The lowest BCUT2D eigenvalue weighted by molar-refractivity contribution is -0.396. The van der Waals surface area contributed by atoms with Crippen molar-refractivity contribution in [2.45, 2.75) is 191 Å². The van der Waals surface area contributed by atoms with Gasteiger partial charge in [0.1, 0.15) is 110 Å². The predicted octanol–water partition coefficient (Wildman–Crippen LogP) is -13.2. The van der Waals surface area contributed by atoms with Gasteiger partial charge in [0.15, 0.2) is 18.9 Å². The lowest BCUT2D eigenvalue weighted by Crippen LogP contribution is -2.71. The topological polar surface area (TPSA) is 560 Å². The first-order chi connectivity index (χ1) is 34.6. The predicted molar refractivity (Wildman–Crippen MR) is 224 cm³/mol. The van der Waals surface area contributed by atoms with Crippen LogP contribution in [-0.4, -0.2) is 318 Å². The minimum atomic E-state index is -3.27. The van der Waals surface area contributed by atoms with Crippen molar-refractivity contribution in [3.8, 4) is 0 Å². The minimum absolute atomic E-state index is 0.835. The molecule has 2 amide bonds. The largest absolute Gasteiger partial charge is 0.477 e. The number of aliphatic hydroxyl groups is 17. The van der Waals surface area contributed by atoms with Crippen LogP contribution >= 0.6 is 0 Å².